The highest BCUT2D eigenvalue weighted by Crippen LogP contribution is 2.28. The van der Waals surface area contributed by atoms with Crippen molar-refractivity contribution in [1.82, 2.24) is 9.80 Å². The Morgan fingerprint density at radius 2 is 1.73 bits per heavy atom. The van der Waals surface area contributed by atoms with E-state index in [9.17, 15) is 4.79 Å². The third-order valence-corrected chi connectivity index (χ3v) is 8.66. The van der Waals surface area contributed by atoms with E-state index in [0.717, 1.165) is 37.2 Å². The molecule has 2 heterocycles. The van der Waals surface area contributed by atoms with Crippen LogP contribution in [0.5, 0.6) is 5.75 Å². The van der Waals surface area contributed by atoms with Gasteiger partial charge in [0.15, 0.2) is 0 Å². The van der Waals surface area contributed by atoms with Crippen molar-refractivity contribution in [1.29, 1.82) is 0 Å². The van der Waals surface area contributed by atoms with Crippen LogP contribution in [0.1, 0.15) is 54.1 Å². The first-order valence-electron chi connectivity index (χ1n) is 13.3. The van der Waals surface area contributed by atoms with Gasteiger partial charge in [0, 0.05) is 41.9 Å². The first-order valence-corrected chi connectivity index (χ1v) is 14.3. The number of carbonyl (C=O) groups excluding carboxylic acids is 1. The van der Waals surface area contributed by atoms with Gasteiger partial charge in [-0.15, -0.1) is 11.8 Å². The molecule has 2 unspecified atom stereocenters. The molecule has 0 N–H and O–H groups in total. The number of benzene rings is 3. The molecule has 5 rings (SSSR count). The van der Waals surface area contributed by atoms with Crippen LogP contribution in [0.3, 0.4) is 0 Å². The van der Waals surface area contributed by atoms with E-state index in [0.29, 0.717) is 24.9 Å². The molecule has 2 saturated heterocycles. The van der Waals surface area contributed by atoms with Crippen molar-refractivity contribution >= 4 is 17.7 Å². The Morgan fingerprint density at radius 3 is 2.49 bits per heavy atom. The molecule has 0 aromatic heterocycles. The molecule has 3 aromatic rings. The van der Waals surface area contributed by atoms with Crippen molar-refractivity contribution in [2.45, 2.75) is 61.9 Å². The number of thioether (sulfide) groups is 1. The monoisotopic (exact) mass is 518 g/mol. The zero-order valence-corrected chi connectivity index (χ0v) is 22.3. The minimum absolute atomic E-state index is 0.133. The van der Waals surface area contributed by atoms with Gasteiger partial charge in [-0.2, -0.15) is 0 Å². The third-order valence-electron chi connectivity index (χ3n) is 7.60. The zero-order chi connectivity index (χ0) is 25.6. The molecular weight excluding hydrogens is 483 g/mol. The van der Waals surface area contributed by atoms with Crippen LogP contribution in [0.25, 0.3) is 0 Å². The van der Waals surface area contributed by atoms with Gasteiger partial charge in [0.25, 0.3) is 5.91 Å². The van der Waals surface area contributed by atoms with Crippen LogP contribution in [-0.2, 0) is 12.4 Å². The number of carbonyl (C=O) groups is 1. The van der Waals surface area contributed by atoms with Gasteiger partial charge < -0.3 is 9.64 Å². The van der Waals surface area contributed by atoms with Gasteiger partial charge in [0.1, 0.15) is 18.2 Å². The molecule has 6 heteroatoms. The van der Waals surface area contributed by atoms with Crippen LogP contribution >= 0.6 is 11.8 Å². The van der Waals surface area contributed by atoms with E-state index >= 15 is 4.39 Å². The SMILES string of the molecule is CC1CCCN1CC1CCCN1C(=O)c1ccc(OCc2ccccc2CSc2ccccc2)cc1F. The largest absolute Gasteiger partial charge is 0.489 e. The Hall–Kier alpha value is -2.83. The van der Waals surface area contributed by atoms with Gasteiger partial charge in [-0.1, -0.05) is 42.5 Å². The van der Waals surface area contributed by atoms with Gasteiger partial charge >= 0.3 is 0 Å². The fourth-order valence-corrected chi connectivity index (χ4v) is 6.37. The first kappa shape index (κ1) is 25.8. The Balaban J connectivity index is 1.20. The minimum Gasteiger partial charge on any atom is -0.489 e. The van der Waals surface area contributed by atoms with E-state index in [1.807, 2.05) is 41.3 Å². The molecule has 0 spiro atoms. The summed E-state index contributed by atoms with van der Waals surface area (Å²) in [5.41, 5.74) is 2.40. The summed E-state index contributed by atoms with van der Waals surface area (Å²) in [7, 11) is 0. The Kier molecular flexibility index (Phi) is 8.47. The molecular formula is C31H35FN2O2S. The normalized spacial score (nSPS) is 19.9. The van der Waals surface area contributed by atoms with Crippen LogP contribution in [0, 0.1) is 5.82 Å². The number of rotatable bonds is 9. The summed E-state index contributed by atoms with van der Waals surface area (Å²) in [5.74, 6) is 0.541. The number of likely N-dealkylation sites (tertiary alicyclic amines) is 2. The molecule has 0 bridgehead atoms. The van der Waals surface area contributed by atoms with Gasteiger partial charge in [0.05, 0.1) is 5.56 Å². The van der Waals surface area contributed by atoms with Crippen molar-refractivity contribution in [3.63, 3.8) is 0 Å². The van der Waals surface area contributed by atoms with Crippen molar-refractivity contribution in [2.75, 3.05) is 19.6 Å². The lowest BCUT2D eigenvalue weighted by molar-refractivity contribution is 0.0692. The lowest BCUT2D eigenvalue weighted by Gasteiger charge is -2.31. The second-order valence-electron chi connectivity index (χ2n) is 10.1. The number of hydrogen-bond donors (Lipinski definition) is 0. The maximum Gasteiger partial charge on any atom is 0.257 e. The first-order chi connectivity index (χ1) is 18.1. The number of halogens is 1. The van der Waals surface area contributed by atoms with Gasteiger partial charge in [0.2, 0.25) is 0 Å². The summed E-state index contributed by atoms with van der Waals surface area (Å²) in [5, 5.41) is 0. The average molecular weight is 519 g/mol. The van der Waals surface area contributed by atoms with E-state index in [1.165, 1.54) is 29.4 Å². The zero-order valence-electron chi connectivity index (χ0n) is 21.4. The highest BCUT2D eigenvalue weighted by molar-refractivity contribution is 7.98. The van der Waals surface area contributed by atoms with Crippen LogP contribution in [0.4, 0.5) is 4.39 Å². The smallest absolute Gasteiger partial charge is 0.257 e. The molecule has 194 valence electrons. The third kappa shape index (κ3) is 6.36. The highest BCUT2D eigenvalue weighted by Gasteiger charge is 2.33. The summed E-state index contributed by atoms with van der Waals surface area (Å²) in [6, 6.07) is 23.8. The molecule has 2 aliphatic heterocycles. The predicted octanol–water partition coefficient (Wildman–Crippen LogP) is 6.79. The lowest BCUT2D eigenvalue weighted by Crippen LogP contribution is -2.44. The molecule has 4 nitrogen and oxygen atoms in total. The Bertz CT molecular complexity index is 1200. The molecule has 0 saturated carbocycles. The maximum atomic E-state index is 15.1. The summed E-state index contributed by atoms with van der Waals surface area (Å²) in [4.78, 5) is 18.9. The van der Waals surface area contributed by atoms with Gasteiger partial charge in [-0.05, 0) is 74.5 Å². The van der Waals surface area contributed by atoms with Gasteiger partial charge in [-0.25, -0.2) is 4.39 Å². The van der Waals surface area contributed by atoms with Crippen LogP contribution < -0.4 is 4.74 Å². The summed E-state index contributed by atoms with van der Waals surface area (Å²) < 4.78 is 21.1. The fourth-order valence-electron chi connectivity index (χ4n) is 5.42. The second-order valence-corrected chi connectivity index (χ2v) is 11.1. The van der Waals surface area contributed by atoms with E-state index < -0.39 is 5.82 Å². The maximum absolute atomic E-state index is 15.1. The highest BCUT2D eigenvalue weighted by atomic mass is 32.2. The van der Waals surface area contributed by atoms with Crippen molar-refractivity contribution in [3.05, 3.63) is 95.3 Å². The number of nitrogens with zero attached hydrogens (tertiary/aromatic N) is 2. The van der Waals surface area contributed by atoms with Crippen LogP contribution in [0.15, 0.2) is 77.7 Å². The number of hydrogen-bond acceptors (Lipinski definition) is 4. The number of amides is 1. The Morgan fingerprint density at radius 1 is 0.973 bits per heavy atom. The summed E-state index contributed by atoms with van der Waals surface area (Å²) in [6.07, 6.45) is 4.39. The lowest BCUT2D eigenvalue weighted by atomic mass is 10.1. The van der Waals surface area contributed by atoms with Crippen LogP contribution in [0.2, 0.25) is 0 Å². The topological polar surface area (TPSA) is 32.8 Å². The molecule has 2 fully saturated rings. The molecule has 0 radical (unpaired) electrons. The molecule has 2 aliphatic rings. The fraction of sp³-hybridized carbons (Fsp3) is 0.387. The predicted molar refractivity (Wildman–Crippen MR) is 148 cm³/mol. The average Bonchev–Trinajstić information content (AvgIpc) is 3.56. The van der Waals surface area contributed by atoms with E-state index in [2.05, 4.69) is 30.0 Å². The summed E-state index contributed by atoms with van der Waals surface area (Å²) in [6.45, 7) is 5.28. The minimum atomic E-state index is -0.518. The van der Waals surface area contributed by atoms with Crippen LogP contribution in [-0.4, -0.2) is 47.4 Å². The van der Waals surface area contributed by atoms with E-state index in [-0.39, 0.29) is 17.5 Å². The van der Waals surface area contributed by atoms with Crippen molar-refractivity contribution in [3.8, 4) is 5.75 Å². The second kappa shape index (κ2) is 12.1. The van der Waals surface area contributed by atoms with Gasteiger partial charge in [-0.3, -0.25) is 9.69 Å². The standard InChI is InChI=1S/C31H35FN2O2S/c1-23-9-7-17-33(23)20-26-12-8-18-34(26)31(35)29-16-15-27(19-30(29)32)36-21-24-10-5-6-11-25(24)22-37-28-13-3-2-4-14-28/h2-6,10-11,13-16,19,23,26H,7-9,12,17-18,20-22H2,1H3. The molecule has 1 amide bonds. The quantitative estimate of drug-likeness (QED) is 0.292. The van der Waals surface area contributed by atoms with E-state index in [1.54, 1.807) is 23.9 Å². The Labute approximate surface area is 223 Å². The molecule has 3 aromatic carbocycles. The molecule has 2 atom stereocenters. The molecule has 37 heavy (non-hydrogen) atoms. The van der Waals surface area contributed by atoms with Crippen molar-refractivity contribution < 1.29 is 13.9 Å². The molecule has 0 aliphatic carbocycles. The number of ether oxygens (including phenoxy) is 1. The summed E-state index contributed by atoms with van der Waals surface area (Å²) >= 11 is 1.78. The van der Waals surface area contributed by atoms with E-state index in [4.69, 9.17) is 4.74 Å². The van der Waals surface area contributed by atoms with Crippen molar-refractivity contribution in [2.24, 2.45) is 0 Å².